The molecule has 25 heavy (non-hydrogen) atoms. The number of methoxy groups -OCH3 is 1. The second kappa shape index (κ2) is 8.04. The molecular formula is C22H25NO2. The van der Waals surface area contributed by atoms with Gasteiger partial charge < -0.3 is 14.8 Å². The molecule has 1 aliphatic rings. The standard InChI is InChI=1S/C22H25NO2/c1-16-11-20(23-14-16)10-9-19-13-22(21(24-3)12-17(19)2)25-15-18-7-5-4-6-8-18/h4-10,12-13,20,23H,1,11,14-15H2,2-3H3/b10-9-/t20-/m1/s1. The van der Waals surface area contributed by atoms with E-state index in [0.29, 0.717) is 12.6 Å². The Morgan fingerprint density at radius 3 is 2.68 bits per heavy atom. The molecule has 0 aliphatic carbocycles. The highest BCUT2D eigenvalue weighted by atomic mass is 16.5. The van der Waals surface area contributed by atoms with E-state index in [1.807, 2.05) is 24.3 Å². The summed E-state index contributed by atoms with van der Waals surface area (Å²) in [4.78, 5) is 0. The molecule has 2 aromatic rings. The maximum absolute atomic E-state index is 6.01. The van der Waals surface area contributed by atoms with Gasteiger partial charge in [0.25, 0.3) is 0 Å². The number of ether oxygens (including phenoxy) is 2. The zero-order valence-corrected chi connectivity index (χ0v) is 14.9. The van der Waals surface area contributed by atoms with Crippen LogP contribution in [0.2, 0.25) is 0 Å². The lowest BCUT2D eigenvalue weighted by molar-refractivity contribution is 0.284. The van der Waals surface area contributed by atoms with E-state index < -0.39 is 0 Å². The third-order valence-corrected chi connectivity index (χ3v) is 4.42. The summed E-state index contributed by atoms with van der Waals surface area (Å²) in [6.45, 7) is 7.55. The van der Waals surface area contributed by atoms with Crippen LogP contribution in [-0.2, 0) is 6.61 Å². The van der Waals surface area contributed by atoms with Gasteiger partial charge >= 0.3 is 0 Å². The third kappa shape index (κ3) is 4.52. The van der Waals surface area contributed by atoms with Gasteiger partial charge in [-0.05, 0) is 42.2 Å². The molecule has 0 amide bonds. The van der Waals surface area contributed by atoms with E-state index in [2.05, 4.69) is 49.2 Å². The van der Waals surface area contributed by atoms with Crippen molar-refractivity contribution in [3.8, 4) is 11.5 Å². The first-order valence-corrected chi connectivity index (χ1v) is 8.59. The molecule has 1 heterocycles. The van der Waals surface area contributed by atoms with Crippen LogP contribution in [0, 0.1) is 6.92 Å². The molecule has 0 bridgehead atoms. The number of rotatable bonds is 6. The van der Waals surface area contributed by atoms with Crippen molar-refractivity contribution in [3.05, 3.63) is 77.4 Å². The van der Waals surface area contributed by atoms with Crippen molar-refractivity contribution in [1.82, 2.24) is 5.32 Å². The van der Waals surface area contributed by atoms with E-state index in [-0.39, 0.29) is 0 Å². The van der Waals surface area contributed by atoms with Gasteiger partial charge in [-0.25, -0.2) is 0 Å². The van der Waals surface area contributed by atoms with Gasteiger partial charge in [0.05, 0.1) is 7.11 Å². The summed E-state index contributed by atoms with van der Waals surface area (Å²) in [5, 5.41) is 3.44. The average molecular weight is 335 g/mol. The highest BCUT2D eigenvalue weighted by Gasteiger charge is 2.14. The van der Waals surface area contributed by atoms with Crippen LogP contribution in [-0.4, -0.2) is 19.7 Å². The van der Waals surface area contributed by atoms with Crippen LogP contribution < -0.4 is 14.8 Å². The smallest absolute Gasteiger partial charge is 0.162 e. The molecule has 1 aliphatic heterocycles. The molecule has 0 aromatic heterocycles. The minimum Gasteiger partial charge on any atom is -0.493 e. The normalized spacial score (nSPS) is 17.2. The molecule has 1 atom stereocenters. The van der Waals surface area contributed by atoms with E-state index in [9.17, 15) is 0 Å². The summed E-state index contributed by atoms with van der Waals surface area (Å²) in [6, 6.07) is 14.6. The molecule has 0 spiro atoms. The Labute approximate surface area is 150 Å². The van der Waals surface area contributed by atoms with Gasteiger partial charge in [0.2, 0.25) is 0 Å². The zero-order chi connectivity index (χ0) is 17.6. The number of hydrogen-bond acceptors (Lipinski definition) is 3. The predicted molar refractivity (Wildman–Crippen MR) is 103 cm³/mol. The van der Waals surface area contributed by atoms with Crippen molar-refractivity contribution in [3.63, 3.8) is 0 Å². The molecule has 2 aromatic carbocycles. The molecule has 3 rings (SSSR count). The second-order valence-corrected chi connectivity index (χ2v) is 6.43. The number of nitrogens with one attached hydrogen (secondary N) is 1. The van der Waals surface area contributed by atoms with Crippen molar-refractivity contribution in [2.24, 2.45) is 0 Å². The maximum atomic E-state index is 6.01. The molecule has 0 unspecified atom stereocenters. The van der Waals surface area contributed by atoms with E-state index in [1.165, 1.54) is 5.57 Å². The quantitative estimate of drug-likeness (QED) is 0.788. The Balaban J connectivity index is 1.77. The highest BCUT2D eigenvalue weighted by Crippen LogP contribution is 2.32. The number of benzene rings is 2. The van der Waals surface area contributed by atoms with Crippen molar-refractivity contribution < 1.29 is 9.47 Å². The Hall–Kier alpha value is -2.52. The van der Waals surface area contributed by atoms with E-state index in [4.69, 9.17) is 9.47 Å². The first kappa shape index (κ1) is 17.3. The summed E-state index contributed by atoms with van der Waals surface area (Å²) < 4.78 is 11.5. The van der Waals surface area contributed by atoms with Crippen molar-refractivity contribution in [2.75, 3.05) is 13.7 Å². The SMILES string of the molecule is C=C1CN[C@H](/C=C\c2cc(OCc3ccccc3)c(OC)cc2C)C1. The predicted octanol–water partition coefficient (Wildman–Crippen LogP) is 4.51. The van der Waals surface area contributed by atoms with Crippen molar-refractivity contribution in [1.29, 1.82) is 0 Å². The van der Waals surface area contributed by atoms with Crippen LogP contribution >= 0.6 is 0 Å². The van der Waals surface area contributed by atoms with Crippen LogP contribution in [0.5, 0.6) is 11.5 Å². The molecule has 130 valence electrons. The molecular weight excluding hydrogens is 310 g/mol. The Morgan fingerprint density at radius 2 is 2.00 bits per heavy atom. The topological polar surface area (TPSA) is 30.5 Å². The fraction of sp³-hybridized carbons (Fsp3) is 0.273. The first-order valence-electron chi connectivity index (χ1n) is 8.59. The van der Waals surface area contributed by atoms with Crippen molar-refractivity contribution in [2.45, 2.75) is 26.0 Å². The lowest BCUT2D eigenvalue weighted by atomic mass is 10.1. The summed E-state index contributed by atoms with van der Waals surface area (Å²) in [5.41, 5.74) is 4.70. The molecule has 1 N–H and O–H groups in total. The van der Waals surface area contributed by atoms with Gasteiger partial charge in [0, 0.05) is 12.6 Å². The minimum absolute atomic E-state index is 0.364. The van der Waals surface area contributed by atoms with Gasteiger partial charge in [-0.15, -0.1) is 0 Å². The summed E-state index contributed by atoms with van der Waals surface area (Å²) >= 11 is 0. The van der Waals surface area contributed by atoms with Crippen LogP contribution in [0.25, 0.3) is 6.08 Å². The molecule has 1 saturated heterocycles. The lowest BCUT2D eigenvalue weighted by Gasteiger charge is -2.14. The van der Waals surface area contributed by atoms with E-state index >= 15 is 0 Å². The van der Waals surface area contributed by atoms with Crippen LogP contribution in [0.4, 0.5) is 0 Å². The summed E-state index contributed by atoms with van der Waals surface area (Å²) in [7, 11) is 1.67. The zero-order valence-electron chi connectivity index (χ0n) is 14.9. The monoisotopic (exact) mass is 335 g/mol. The largest absolute Gasteiger partial charge is 0.493 e. The molecule has 3 nitrogen and oxygen atoms in total. The first-order chi connectivity index (χ1) is 12.2. The van der Waals surface area contributed by atoms with Gasteiger partial charge in [-0.1, -0.05) is 54.6 Å². The maximum Gasteiger partial charge on any atom is 0.162 e. The van der Waals surface area contributed by atoms with Gasteiger partial charge in [-0.2, -0.15) is 0 Å². The fourth-order valence-corrected chi connectivity index (χ4v) is 2.95. The van der Waals surface area contributed by atoms with E-state index in [1.54, 1.807) is 7.11 Å². The van der Waals surface area contributed by atoms with Crippen LogP contribution in [0.15, 0.2) is 60.7 Å². The molecule has 0 radical (unpaired) electrons. The van der Waals surface area contributed by atoms with Gasteiger partial charge in [0.1, 0.15) is 6.61 Å². The van der Waals surface area contributed by atoms with Gasteiger partial charge in [0.15, 0.2) is 11.5 Å². The Bertz CT molecular complexity index is 765. The fourth-order valence-electron chi connectivity index (χ4n) is 2.95. The van der Waals surface area contributed by atoms with E-state index in [0.717, 1.165) is 41.2 Å². The molecule has 0 saturated carbocycles. The van der Waals surface area contributed by atoms with Crippen LogP contribution in [0.3, 0.4) is 0 Å². The van der Waals surface area contributed by atoms with Crippen LogP contribution in [0.1, 0.15) is 23.1 Å². The lowest BCUT2D eigenvalue weighted by Crippen LogP contribution is -2.18. The molecule has 3 heteroatoms. The summed E-state index contributed by atoms with van der Waals surface area (Å²) in [6.07, 6.45) is 5.36. The molecule has 1 fully saturated rings. The summed E-state index contributed by atoms with van der Waals surface area (Å²) in [5.74, 6) is 1.53. The number of aryl methyl sites for hydroxylation is 1. The average Bonchev–Trinajstić information content (AvgIpc) is 3.05. The Morgan fingerprint density at radius 1 is 1.20 bits per heavy atom. The minimum atomic E-state index is 0.364. The van der Waals surface area contributed by atoms with Gasteiger partial charge in [-0.3, -0.25) is 0 Å². The number of hydrogen-bond donors (Lipinski definition) is 1. The Kier molecular flexibility index (Phi) is 5.56. The second-order valence-electron chi connectivity index (χ2n) is 6.43. The van der Waals surface area contributed by atoms with Crippen molar-refractivity contribution >= 4 is 6.08 Å². The third-order valence-electron chi connectivity index (χ3n) is 4.42. The highest BCUT2D eigenvalue weighted by molar-refractivity contribution is 5.60.